The number of Topliss-reactive ketones (excluding diaryl/α,β-unsaturated/α-hetero) is 1. The first-order valence-corrected chi connectivity index (χ1v) is 6.63. The van der Waals surface area contributed by atoms with Crippen LogP contribution in [-0.4, -0.2) is 21.7 Å². The summed E-state index contributed by atoms with van der Waals surface area (Å²) in [6.07, 6.45) is 0.618. The Balaban J connectivity index is 3.72. The lowest BCUT2D eigenvalue weighted by molar-refractivity contribution is -0.116. The van der Waals surface area contributed by atoms with E-state index < -0.39 is 19.5 Å². The minimum atomic E-state index is -4.19. The topological polar surface area (TPSA) is 74.6 Å². The summed E-state index contributed by atoms with van der Waals surface area (Å²) in [6.45, 7) is 4.10. The highest BCUT2D eigenvalue weighted by molar-refractivity contribution is 7.52. The van der Waals surface area contributed by atoms with Crippen LogP contribution in [0.15, 0.2) is 0 Å². The van der Waals surface area contributed by atoms with Gasteiger partial charge in [0.15, 0.2) is 0 Å². The molecule has 0 rings (SSSR count). The smallest absolute Gasteiger partial charge is 0.324 e. The molecule has 15 heavy (non-hydrogen) atoms. The van der Waals surface area contributed by atoms with Gasteiger partial charge in [0.05, 0.1) is 0 Å². The van der Waals surface area contributed by atoms with Gasteiger partial charge in [-0.05, 0) is 5.92 Å². The van der Waals surface area contributed by atoms with Crippen molar-refractivity contribution >= 4 is 13.4 Å². The molecule has 5 heteroatoms. The molecule has 0 amide bonds. The lowest BCUT2D eigenvalue weighted by Crippen LogP contribution is -2.04. The van der Waals surface area contributed by atoms with Crippen LogP contribution in [0, 0.1) is 17.8 Å². The van der Waals surface area contributed by atoms with Crippen molar-refractivity contribution in [3.05, 3.63) is 0 Å². The predicted octanol–water partition coefficient (Wildman–Crippen LogP) is 1.56. The highest BCUT2D eigenvalue weighted by Crippen LogP contribution is 2.34. The molecular weight excluding hydrogens is 215 g/mol. The SMILES string of the molecule is CC(C)CC#CCCC(=O)CP(=O)(O)O. The predicted molar refractivity (Wildman–Crippen MR) is 58.4 cm³/mol. The molecule has 0 bridgehead atoms. The molecule has 0 atom stereocenters. The molecule has 0 aliphatic carbocycles. The van der Waals surface area contributed by atoms with Crippen LogP contribution in [0.3, 0.4) is 0 Å². The van der Waals surface area contributed by atoms with Gasteiger partial charge in [-0.25, -0.2) is 0 Å². The minimum absolute atomic E-state index is 0.121. The summed E-state index contributed by atoms with van der Waals surface area (Å²) in [5.41, 5.74) is 0. The van der Waals surface area contributed by atoms with Gasteiger partial charge in [0, 0.05) is 19.3 Å². The first-order chi connectivity index (χ1) is 6.81. The van der Waals surface area contributed by atoms with Gasteiger partial charge < -0.3 is 9.79 Å². The Kier molecular flexibility index (Phi) is 6.51. The Labute approximate surface area is 90.2 Å². The molecule has 86 valence electrons. The summed E-state index contributed by atoms with van der Waals surface area (Å²) in [5.74, 6) is 5.79. The summed E-state index contributed by atoms with van der Waals surface area (Å²) in [4.78, 5) is 28.0. The van der Waals surface area contributed by atoms with Crippen LogP contribution in [0.4, 0.5) is 0 Å². The van der Waals surface area contributed by atoms with Gasteiger partial charge in [-0.3, -0.25) is 9.36 Å². The standard InChI is InChI=1S/C10H17O4P/c1-9(2)6-4-3-5-7-10(11)8-15(12,13)14/h9H,5-8H2,1-2H3,(H2,12,13,14). The van der Waals surface area contributed by atoms with Gasteiger partial charge in [0.25, 0.3) is 0 Å². The molecule has 0 fully saturated rings. The van der Waals surface area contributed by atoms with Crippen molar-refractivity contribution in [2.45, 2.75) is 33.1 Å². The zero-order valence-electron chi connectivity index (χ0n) is 9.06. The lowest BCUT2D eigenvalue weighted by atomic mass is 10.1. The molecule has 0 aromatic heterocycles. The minimum Gasteiger partial charge on any atom is -0.324 e. The third-order valence-corrected chi connectivity index (χ3v) is 2.31. The van der Waals surface area contributed by atoms with Gasteiger partial charge in [-0.15, -0.1) is 11.8 Å². The van der Waals surface area contributed by atoms with Gasteiger partial charge in [0.2, 0.25) is 0 Å². The molecule has 0 spiro atoms. The van der Waals surface area contributed by atoms with E-state index in [1.807, 2.05) is 13.8 Å². The highest BCUT2D eigenvalue weighted by atomic mass is 31.2. The van der Waals surface area contributed by atoms with E-state index in [0.29, 0.717) is 12.3 Å². The number of carbonyl (C=O) groups is 1. The van der Waals surface area contributed by atoms with Crippen LogP contribution in [0.5, 0.6) is 0 Å². The molecular formula is C10H17O4P. The number of ketones is 1. The Hall–Kier alpha value is -0.620. The Morgan fingerprint density at radius 1 is 1.33 bits per heavy atom. The van der Waals surface area contributed by atoms with Gasteiger partial charge in [0.1, 0.15) is 11.9 Å². The number of hydrogen-bond acceptors (Lipinski definition) is 2. The fourth-order valence-electron chi connectivity index (χ4n) is 0.875. The normalized spacial score (nSPS) is 11.0. The molecule has 0 saturated carbocycles. The van der Waals surface area contributed by atoms with Crippen molar-refractivity contribution in [3.63, 3.8) is 0 Å². The summed E-state index contributed by atoms with van der Waals surface area (Å²) in [6, 6.07) is 0. The quantitative estimate of drug-likeness (QED) is 0.557. The van der Waals surface area contributed by atoms with E-state index in [0.717, 1.165) is 6.42 Å². The number of carbonyl (C=O) groups excluding carboxylic acids is 1. The Morgan fingerprint density at radius 2 is 1.93 bits per heavy atom. The van der Waals surface area contributed by atoms with Crippen LogP contribution in [0.2, 0.25) is 0 Å². The molecule has 0 unspecified atom stereocenters. The Bertz CT molecular complexity index is 305. The molecule has 2 N–H and O–H groups in total. The average Bonchev–Trinajstić information content (AvgIpc) is 1.99. The van der Waals surface area contributed by atoms with Crippen molar-refractivity contribution < 1.29 is 19.1 Å². The molecule has 0 aromatic rings. The van der Waals surface area contributed by atoms with Gasteiger partial charge in [-0.2, -0.15) is 0 Å². The average molecular weight is 232 g/mol. The van der Waals surface area contributed by atoms with Crippen molar-refractivity contribution in [3.8, 4) is 11.8 Å². The molecule has 0 aliphatic rings. The van der Waals surface area contributed by atoms with Gasteiger partial charge >= 0.3 is 7.60 Å². The number of rotatable bonds is 5. The number of hydrogen-bond donors (Lipinski definition) is 2. The third kappa shape index (κ3) is 11.3. The van der Waals surface area contributed by atoms with Crippen LogP contribution in [-0.2, 0) is 9.36 Å². The van der Waals surface area contributed by atoms with E-state index in [2.05, 4.69) is 11.8 Å². The van der Waals surface area contributed by atoms with Crippen LogP contribution < -0.4 is 0 Å². The van der Waals surface area contributed by atoms with Crippen molar-refractivity contribution in [2.75, 3.05) is 6.16 Å². The van der Waals surface area contributed by atoms with Crippen molar-refractivity contribution in [1.29, 1.82) is 0 Å². The second-order valence-electron chi connectivity index (χ2n) is 3.81. The van der Waals surface area contributed by atoms with E-state index in [4.69, 9.17) is 9.79 Å². The zero-order valence-corrected chi connectivity index (χ0v) is 9.96. The summed E-state index contributed by atoms with van der Waals surface area (Å²) in [7, 11) is -4.19. The largest absolute Gasteiger partial charge is 0.332 e. The van der Waals surface area contributed by atoms with E-state index in [9.17, 15) is 9.36 Å². The lowest BCUT2D eigenvalue weighted by Gasteiger charge is -2.00. The fraction of sp³-hybridized carbons (Fsp3) is 0.700. The first kappa shape index (κ1) is 14.4. The molecule has 0 heterocycles. The molecule has 0 radical (unpaired) electrons. The van der Waals surface area contributed by atoms with Gasteiger partial charge in [-0.1, -0.05) is 13.8 Å². The summed E-state index contributed by atoms with van der Waals surface area (Å²) in [5, 5.41) is 0. The van der Waals surface area contributed by atoms with Crippen LogP contribution >= 0.6 is 7.60 Å². The maximum Gasteiger partial charge on any atom is 0.332 e. The van der Waals surface area contributed by atoms with Crippen LogP contribution in [0.1, 0.15) is 33.1 Å². The molecule has 0 saturated heterocycles. The zero-order chi connectivity index (χ0) is 11.9. The second kappa shape index (κ2) is 6.79. The third-order valence-electron chi connectivity index (χ3n) is 1.55. The van der Waals surface area contributed by atoms with E-state index in [-0.39, 0.29) is 6.42 Å². The van der Waals surface area contributed by atoms with Crippen molar-refractivity contribution in [2.24, 2.45) is 5.92 Å². The second-order valence-corrected chi connectivity index (χ2v) is 5.46. The Morgan fingerprint density at radius 3 is 2.40 bits per heavy atom. The van der Waals surface area contributed by atoms with E-state index >= 15 is 0 Å². The monoisotopic (exact) mass is 232 g/mol. The van der Waals surface area contributed by atoms with Crippen LogP contribution in [0.25, 0.3) is 0 Å². The summed E-state index contributed by atoms with van der Waals surface area (Å²) >= 11 is 0. The highest BCUT2D eigenvalue weighted by Gasteiger charge is 2.17. The van der Waals surface area contributed by atoms with E-state index in [1.54, 1.807) is 0 Å². The summed E-state index contributed by atoms with van der Waals surface area (Å²) < 4.78 is 10.5. The maximum atomic E-state index is 11.0. The fourth-order valence-corrected chi connectivity index (χ4v) is 1.49. The van der Waals surface area contributed by atoms with E-state index in [1.165, 1.54) is 0 Å². The first-order valence-electron chi connectivity index (χ1n) is 4.83. The van der Waals surface area contributed by atoms with Crippen molar-refractivity contribution in [1.82, 2.24) is 0 Å². The maximum absolute atomic E-state index is 11.0. The molecule has 4 nitrogen and oxygen atoms in total. The molecule has 0 aromatic carbocycles. The molecule has 0 aliphatic heterocycles.